The van der Waals surface area contributed by atoms with E-state index < -0.39 is 0 Å². The van der Waals surface area contributed by atoms with E-state index in [9.17, 15) is 4.79 Å². The first-order chi connectivity index (χ1) is 9.17. The van der Waals surface area contributed by atoms with Gasteiger partial charge < -0.3 is 20.5 Å². The summed E-state index contributed by atoms with van der Waals surface area (Å²) in [6, 6.07) is 7.12. The van der Waals surface area contributed by atoms with E-state index >= 15 is 0 Å². The molecular formula is C14H22N2O3. The van der Waals surface area contributed by atoms with Crippen LogP contribution in [0.2, 0.25) is 0 Å². The van der Waals surface area contributed by atoms with Crippen LogP contribution in [0.25, 0.3) is 0 Å². The van der Waals surface area contributed by atoms with Crippen LogP contribution < -0.4 is 10.5 Å². The lowest BCUT2D eigenvalue weighted by Gasteiger charge is -2.21. The number of carbonyl (C=O) groups is 1. The second kappa shape index (κ2) is 8.37. The van der Waals surface area contributed by atoms with Crippen LogP contribution in [0.15, 0.2) is 24.3 Å². The standard InChI is InChI=1S/C14H22N2O3/c1-2-7-16(8-9-17)14(18)6-10-19-13-5-3-4-12(15)11-13/h3-5,11,17H,2,6-10,15H2,1H3. The molecule has 0 saturated carbocycles. The third-order valence-electron chi connectivity index (χ3n) is 2.66. The maximum absolute atomic E-state index is 11.9. The zero-order chi connectivity index (χ0) is 14.1. The summed E-state index contributed by atoms with van der Waals surface area (Å²) in [4.78, 5) is 13.5. The number of nitrogens with two attached hydrogens (primary N) is 1. The van der Waals surface area contributed by atoms with Gasteiger partial charge in [-0.2, -0.15) is 0 Å². The van der Waals surface area contributed by atoms with Crippen molar-refractivity contribution in [1.82, 2.24) is 4.90 Å². The minimum Gasteiger partial charge on any atom is -0.493 e. The average molecular weight is 266 g/mol. The Hall–Kier alpha value is -1.75. The molecule has 0 heterocycles. The topological polar surface area (TPSA) is 75.8 Å². The molecule has 0 aliphatic carbocycles. The number of amides is 1. The Morgan fingerprint density at radius 2 is 2.21 bits per heavy atom. The summed E-state index contributed by atoms with van der Waals surface area (Å²) in [5.41, 5.74) is 6.27. The van der Waals surface area contributed by atoms with E-state index in [0.29, 0.717) is 37.6 Å². The van der Waals surface area contributed by atoms with Gasteiger partial charge in [0.25, 0.3) is 0 Å². The molecule has 0 saturated heterocycles. The molecule has 19 heavy (non-hydrogen) atoms. The summed E-state index contributed by atoms with van der Waals surface area (Å²) in [5, 5.41) is 8.91. The summed E-state index contributed by atoms with van der Waals surface area (Å²) in [6.45, 7) is 3.35. The number of carbonyl (C=O) groups excluding carboxylic acids is 1. The molecule has 0 radical (unpaired) electrons. The fraction of sp³-hybridized carbons (Fsp3) is 0.500. The molecule has 1 rings (SSSR count). The highest BCUT2D eigenvalue weighted by Gasteiger charge is 2.11. The van der Waals surface area contributed by atoms with Crippen LogP contribution in [0.3, 0.4) is 0 Å². The van der Waals surface area contributed by atoms with E-state index in [1.165, 1.54) is 0 Å². The summed E-state index contributed by atoms with van der Waals surface area (Å²) >= 11 is 0. The van der Waals surface area contributed by atoms with Crippen molar-refractivity contribution in [2.45, 2.75) is 19.8 Å². The van der Waals surface area contributed by atoms with Crippen molar-refractivity contribution in [3.05, 3.63) is 24.3 Å². The molecule has 3 N–H and O–H groups in total. The van der Waals surface area contributed by atoms with Crippen LogP contribution in [0.5, 0.6) is 5.75 Å². The van der Waals surface area contributed by atoms with Gasteiger partial charge in [-0.1, -0.05) is 13.0 Å². The molecule has 0 aromatic heterocycles. The Balaban J connectivity index is 2.36. The number of hydrogen-bond donors (Lipinski definition) is 2. The first-order valence-electron chi connectivity index (χ1n) is 6.54. The number of anilines is 1. The lowest BCUT2D eigenvalue weighted by molar-refractivity contribution is -0.132. The SMILES string of the molecule is CCCN(CCO)C(=O)CCOc1cccc(N)c1. The van der Waals surface area contributed by atoms with Crippen molar-refractivity contribution >= 4 is 11.6 Å². The number of ether oxygens (including phenoxy) is 1. The number of nitrogens with zero attached hydrogens (tertiary/aromatic N) is 1. The minimum atomic E-state index is -0.0121. The average Bonchev–Trinajstić information content (AvgIpc) is 2.38. The highest BCUT2D eigenvalue weighted by atomic mass is 16.5. The number of aliphatic hydroxyl groups excluding tert-OH is 1. The monoisotopic (exact) mass is 266 g/mol. The highest BCUT2D eigenvalue weighted by Crippen LogP contribution is 2.14. The fourth-order valence-corrected chi connectivity index (χ4v) is 1.77. The van der Waals surface area contributed by atoms with Crippen LogP contribution >= 0.6 is 0 Å². The Kier molecular flexibility index (Phi) is 6.74. The highest BCUT2D eigenvalue weighted by molar-refractivity contribution is 5.76. The Morgan fingerprint density at radius 1 is 1.42 bits per heavy atom. The second-order valence-electron chi connectivity index (χ2n) is 4.28. The van der Waals surface area contributed by atoms with Crippen molar-refractivity contribution < 1.29 is 14.6 Å². The summed E-state index contributed by atoms with van der Waals surface area (Å²) in [5.74, 6) is 0.664. The fourth-order valence-electron chi connectivity index (χ4n) is 1.77. The number of benzene rings is 1. The zero-order valence-corrected chi connectivity index (χ0v) is 11.3. The number of hydrogen-bond acceptors (Lipinski definition) is 4. The smallest absolute Gasteiger partial charge is 0.226 e. The van der Waals surface area contributed by atoms with Crippen molar-refractivity contribution in [2.75, 3.05) is 32.0 Å². The van der Waals surface area contributed by atoms with Crippen LogP contribution in [0.1, 0.15) is 19.8 Å². The van der Waals surface area contributed by atoms with E-state index in [4.69, 9.17) is 15.6 Å². The van der Waals surface area contributed by atoms with E-state index in [1.54, 1.807) is 23.1 Å². The predicted octanol–water partition coefficient (Wildman–Crippen LogP) is 1.27. The van der Waals surface area contributed by atoms with Gasteiger partial charge in [-0.15, -0.1) is 0 Å². The van der Waals surface area contributed by atoms with Crippen molar-refractivity contribution in [1.29, 1.82) is 0 Å². The quantitative estimate of drug-likeness (QED) is 0.695. The van der Waals surface area contributed by atoms with Gasteiger partial charge in [0.15, 0.2) is 0 Å². The molecular weight excluding hydrogens is 244 g/mol. The van der Waals surface area contributed by atoms with Crippen molar-refractivity contribution in [2.24, 2.45) is 0 Å². The molecule has 5 heteroatoms. The van der Waals surface area contributed by atoms with Gasteiger partial charge in [-0.3, -0.25) is 4.79 Å². The lowest BCUT2D eigenvalue weighted by atomic mass is 10.3. The first-order valence-corrected chi connectivity index (χ1v) is 6.54. The molecule has 5 nitrogen and oxygen atoms in total. The molecule has 1 aromatic rings. The Morgan fingerprint density at radius 3 is 2.84 bits per heavy atom. The molecule has 0 atom stereocenters. The van der Waals surface area contributed by atoms with Gasteiger partial charge in [-0.25, -0.2) is 0 Å². The van der Waals surface area contributed by atoms with Crippen LogP contribution in [-0.2, 0) is 4.79 Å². The van der Waals surface area contributed by atoms with Crippen molar-refractivity contribution in [3.63, 3.8) is 0 Å². The summed E-state index contributed by atoms with van der Waals surface area (Å²) < 4.78 is 5.47. The molecule has 0 bridgehead atoms. The van der Waals surface area contributed by atoms with Crippen molar-refractivity contribution in [3.8, 4) is 5.75 Å². The maximum Gasteiger partial charge on any atom is 0.226 e. The third kappa shape index (κ3) is 5.61. The summed E-state index contributed by atoms with van der Waals surface area (Å²) in [6.07, 6.45) is 1.18. The molecule has 1 aromatic carbocycles. The van der Waals surface area contributed by atoms with Gasteiger partial charge >= 0.3 is 0 Å². The third-order valence-corrected chi connectivity index (χ3v) is 2.66. The van der Waals surface area contributed by atoms with E-state index in [-0.39, 0.29) is 12.5 Å². The molecule has 106 valence electrons. The van der Waals surface area contributed by atoms with Crippen LogP contribution in [-0.4, -0.2) is 42.2 Å². The number of nitrogen functional groups attached to an aromatic ring is 1. The molecule has 0 spiro atoms. The predicted molar refractivity (Wildman–Crippen MR) is 74.9 cm³/mol. The Labute approximate surface area is 114 Å². The first kappa shape index (κ1) is 15.3. The molecule has 0 aliphatic heterocycles. The molecule has 0 aliphatic rings. The van der Waals surface area contributed by atoms with Gasteiger partial charge in [0, 0.05) is 24.8 Å². The van der Waals surface area contributed by atoms with Crippen LogP contribution in [0.4, 0.5) is 5.69 Å². The summed E-state index contributed by atoms with van der Waals surface area (Å²) in [7, 11) is 0. The van der Waals surface area contributed by atoms with Crippen LogP contribution in [0, 0.1) is 0 Å². The van der Waals surface area contributed by atoms with E-state index in [1.807, 2.05) is 13.0 Å². The number of rotatable bonds is 8. The second-order valence-corrected chi connectivity index (χ2v) is 4.28. The minimum absolute atomic E-state index is 0.000182. The number of aliphatic hydroxyl groups is 1. The van der Waals surface area contributed by atoms with Gasteiger partial charge in [0.1, 0.15) is 5.75 Å². The molecule has 1 amide bonds. The van der Waals surface area contributed by atoms with E-state index in [0.717, 1.165) is 6.42 Å². The largest absolute Gasteiger partial charge is 0.493 e. The van der Waals surface area contributed by atoms with E-state index in [2.05, 4.69) is 0 Å². The van der Waals surface area contributed by atoms with Gasteiger partial charge in [0.05, 0.1) is 19.6 Å². The van der Waals surface area contributed by atoms with Gasteiger partial charge in [0.2, 0.25) is 5.91 Å². The zero-order valence-electron chi connectivity index (χ0n) is 11.3. The molecule has 0 unspecified atom stereocenters. The maximum atomic E-state index is 11.9. The Bertz CT molecular complexity index is 390. The normalized spacial score (nSPS) is 10.2. The molecule has 0 fully saturated rings. The lowest BCUT2D eigenvalue weighted by Crippen LogP contribution is -2.35. The van der Waals surface area contributed by atoms with Gasteiger partial charge in [-0.05, 0) is 18.6 Å².